The molecule has 1 fully saturated rings. The molecule has 0 radical (unpaired) electrons. The lowest BCUT2D eigenvalue weighted by atomic mass is 9.98. The highest BCUT2D eigenvalue weighted by Crippen LogP contribution is 2.22. The van der Waals surface area contributed by atoms with E-state index in [1.165, 1.54) is 0 Å². The van der Waals surface area contributed by atoms with Crippen molar-refractivity contribution in [3.05, 3.63) is 53.2 Å². The van der Waals surface area contributed by atoms with E-state index in [4.69, 9.17) is 16.9 Å². The van der Waals surface area contributed by atoms with E-state index in [0.717, 1.165) is 18.4 Å². The number of fused-ring (bicyclic) bond motifs is 1. The average molecular weight is 366 g/mol. The second-order valence-corrected chi connectivity index (χ2v) is 6.81. The molecule has 1 aliphatic rings. The lowest BCUT2D eigenvalue weighted by molar-refractivity contribution is 0.0707. The summed E-state index contributed by atoms with van der Waals surface area (Å²) in [5.41, 5.74) is 2.14. The Bertz CT molecular complexity index is 997. The lowest BCUT2D eigenvalue weighted by Gasteiger charge is -2.29. The van der Waals surface area contributed by atoms with Crippen LogP contribution >= 0.6 is 11.6 Å². The maximum Gasteiger partial charge on any atom is 0.255 e. The predicted molar refractivity (Wildman–Crippen MR) is 97.7 cm³/mol. The summed E-state index contributed by atoms with van der Waals surface area (Å²) in [5.74, 6) is 0.685. The van der Waals surface area contributed by atoms with E-state index >= 15 is 0 Å². The molecule has 0 saturated carbocycles. The molecule has 6 nitrogen and oxygen atoms in total. The number of hydrogen-bond donors (Lipinski definition) is 0. The van der Waals surface area contributed by atoms with Crippen LogP contribution in [0.2, 0.25) is 5.02 Å². The summed E-state index contributed by atoms with van der Waals surface area (Å²) < 4.78 is 1.82. The van der Waals surface area contributed by atoms with E-state index in [1.54, 1.807) is 35.4 Å². The molecule has 1 aliphatic heterocycles. The molecule has 4 rings (SSSR count). The Morgan fingerprint density at radius 2 is 1.85 bits per heavy atom. The Labute approximate surface area is 155 Å². The maximum absolute atomic E-state index is 12.8. The Morgan fingerprint density at radius 1 is 1.12 bits per heavy atom. The number of halogens is 1. The molecular weight excluding hydrogens is 350 g/mol. The van der Waals surface area contributed by atoms with Gasteiger partial charge in [0.2, 0.25) is 0 Å². The monoisotopic (exact) mass is 365 g/mol. The third kappa shape index (κ3) is 3.02. The van der Waals surface area contributed by atoms with Crippen molar-refractivity contribution in [2.45, 2.75) is 12.8 Å². The number of hydrogen-bond acceptors (Lipinski definition) is 4. The normalized spacial score (nSPS) is 15.2. The third-order valence-corrected chi connectivity index (χ3v) is 4.97. The van der Waals surface area contributed by atoms with Gasteiger partial charge in [-0.3, -0.25) is 9.20 Å². The van der Waals surface area contributed by atoms with Gasteiger partial charge in [-0.2, -0.15) is 5.26 Å². The number of carbonyl (C=O) groups excluding carboxylic acids is 1. The van der Waals surface area contributed by atoms with Crippen LogP contribution < -0.4 is 0 Å². The van der Waals surface area contributed by atoms with Gasteiger partial charge in [0.25, 0.3) is 5.91 Å². The van der Waals surface area contributed by atoms with Gasteiger partial charge < -0.3 is 4.90 Å². The summed E-state index contributed by atoms with van der Waals surface area (Å²) in [6.07, 6.45) is 3.23. The van der Waals surface area contributed by atoms with Crippen molar-refractivity contribution in [2.24, 2.45) is 5.92 Å². The maximum atomic E-state index is 12.8. The van der Waals surface area contributed by atoms with Gasteiger partial charge in [-0.1, -0.05) is 11.6 Å². The first kappa shape index (κ1) is 16.6. The molecule has 0 aliphatic carbocycles. The zero-order valence-electron chi connectivity index (χ0n) is 14.0. The van der Waals surface area contributed by atoms with Crippen LogP contribution in [0.1, 0.15) is 23.2 Å². The van der Waals surface area contributed by atoms with Gasteiger partial charge in [0.15, 0.2) is 11.5 Å². The quantitative estimate of drug-likeness (QED) is 0.697. The largest absolute Gasteiger partial charge is 0.339 e. The first-order valence-corrected chi connectivity index (χ1v) is 8.83. The molecule has 1 amide bonds. The zero-order chi connectivity index (χ0) is 18.1. The first-order valence-electron chi connectivity index (χ1n) is 8.45. The van der Waals surface area contributed by atoms with Crippen LogP contribution in [0.25, 0.3) is 17.0 Å². The van der Waals surface area contributed by atoms with E-state index in [-0.39, 0.29) is 11.8 Å². The van der Waals surface area contributed by atoms with Crippen molar-refractivity contribution in [2.75, 3.05) is 13.1 Å². The molecular formula is C19H16ClN5O. The van der Waals surface area contributed by atoms with E-state index in [0.29, 0.717) is 35.1 Å². The highest BCUT2D eigenvalue weighted by Gasteiger charge is 2.24. The fourth-order valence-corrected chi connectivity index (χ4v) is 3.33. The fraction of sp³-hybridized carbons (Fsp3) is 0.263. The molecule has 3 heterocycles. The van der Waals surface area contributed by atoms with Crippen LogP contribution in [0, 0.1) is 17.2 Å². The van der Waals surface area contributed by atoms with Crippen LogP contribution in [0.4, 0.5) is 0 Å². The smallest absolute Gasteiger partial charge is 0.255 e. The summed E-state index contributed by atoms with van der Waals surface area (Å²) in [6.45, 7) is 1.22. The van der Waals surface area contributed by atoms with E-state index in [1.807, 2.05) is 16.5 Å². The number of nitrogens with zero attached hydrogens (tertiary/aromatic N) is 5. The zero-order valence-corrected chi connectivity index (χ0v) is 14.7. The molecule has 0 atom stereocenters. The average Bonchev–Trinajstić information content (AvgIpc) is 3.11. The Kier molecular flexibility index (Phi) is 4.31. The molecule has 130 valence electrons. The van der Waals surface area contributed by atoms with Crippen molar-refractivity contribution in [3.8, 4) is 17.5 Å². The number of likely N-dealkylation sites (tertiary alicyclic amines) is 1. The Morgan fingerprint density at radius 3 is 2.54 bits per heavy atom. The van der Waals surface area contributed by atoms with Gasteiger partial charge in [0.05, 0.1) is 11.6 Å². The fourth-order valence-electron chi connectivity index (χ4n) is 3.21. The number of nitriles is 1. The van der Waals surface area contributed by atoms with Crippen LogP contribution in [0.5, 0.6) is 0 Å². The van der Waals surface area contributed by atoms with Crippen molar-refractivity contribution in [1.82, 2.24) is 19.5 Å². The topological polar surface area (TPSA) is 74.3 Å². The second-order valence-electron chi connectivity index (χ2n) is 6.37. The van der Waals surface area contributed by atoms with Crippen LogP contribution in [0.3, 0.4) is 0 Å². The van der Waals surface area contributed by atoms with E-state index in [2.05, 4.69) is 16.3 Å². The minimum atomic E-state index is -0.0287. The van der Waals surface area contributed by atoms with Gasteiger partial charge in [-0.15, -0.1) is 10.2 Å². The van der Waals surface area contributed by atoms with Gasteiger partial charge >= 0.3 is 0 Å². The highest BCUT2D eigenvalue weighted by atomic mass is 35.5. The Balaban J connectivity index is 1.65. The van der Waals surface area contributed by atoms with Gasteiger partial charge in [-0.05, 0) is 49.2 Å². The van der Waals surface area contributed by atoms with Crippen molar-refractivity contribution >= 4 is 23.2 Å². The number of pyridine rings is 1. The van der Waals surface area contributed by atoms with Gasteiger partial charge in [-0.25, -0.2) is 0 Å². The minimum Gasteiger partial charge on any atom is -0.339 e. The van der Waals surface area contributed by atoms with Crippen molar-refractivity contribution in [1.29, 1.82) is 5.26 Å². The summed E-state index contributed by atoms with van der Waals surface area (Å²) in [5, 5.41) is 18.1. The summed E-state index contributed by atoms with van der Waals surface area (Å²) in [4.78, 5) is 14.6. The number of aromatic nitrogens is 3. The third-order valence-electron chi connectivity index (χ3n) is 4.72. The number of rotatable bonds is 2. The van der Waals surface area contributed by atoms with E-state index in [9.17, 15) is 4.79 Å². The number of benzene rings is 1. The van der Waals surface area contributed by atoms with Crippen molar-refractivity contribution < 1.29 is 4.79 Å². The van der Waals surface area contributed by atoms with Crippen LogP contribution in [-0.4, -0.2) is 38.5 Å². The first-order chi connectivity index (χ1) is 12.7. The summed E-state index contributed by atoms with van der Waals surface area (Å²) in [6, 6.07) is 13.2. The predicted octanol–water partition coefficient (Wildman–Crippen LogP) is 3.43. The minimum absolute atomic E-state index is 0.0287. The molecule has 1 aromatic carbocycles. The number of piperidine rings is 1. The molecule has 1 saturated heterocycles. The van der Waals surface area contributed by atoms with Gasteiger partial charge in [0.1, 0.15) is 0 Å². The van der Waals surface area contributed by atoms with E-state index < -0.39 is 0 Å². The molecule has 2 aromatic heterocycles. The summed E-state index contributed by atoms with van der Waals surface area (Å²) in [7, 11) is 0. The molecule has 0 N–H and O–H groups in total. The van der Waals surface area contributed by atoms with Crippen LogP contribution in [0.15, 0.2) is 42.6 Å². The molecule has 7 heteroatoms. The van der Waals surface area contributed by atoms with Gasteiger partial charge in [0, 0.05) is 35.8 Å². The molecule has 3 aromatic rings. The number of carbonyl (C=O) groups is 1. The number of amides is 1. The second kappa shape index (κ2) is 6.77. The lowest BCUT2D eigenvalue weighted by Crippen LogP contribution is -2.38. The molecule has 0 unspecified atom stereocenters. The Hall–Kier alpha value is -2.91. The van der Waals surface area contributed by atoms with Crippen molar-refractivity contribution in [3.63, 3.8) is 0 Å². The summed E-state index contributed by atoms with van der Waals surface area (Å²) >= 11 is 5.95. The van der Waals surface area contributed by atoms with Crippen LogP contribution in [-0.2, 0) is 0 Å². The SMILES string of the molecule is N#CC1CCN(C(=O)c2ccc3nnc(-c4ccc(Cl)cc4)n3c2)CC1. The standard InChI is InChI=1S/C19H16ClN5O/c20-16-4-1-14(2-5-16)18-23-22-17-6-3-15(12-25(17)18)19(26)24-9-7-13(11-21)8-10-24/h1-6,12-13H,7-10H2. The molecule has 0 spiro atoms. The highest BCUT2D eigenvalue weighted by molar-refractivity contribution is 6.30. The molecule has 26 heavy (non-hydrogen) atoms. The molecule has 0 bridgehead atoms.